The molecule has 0 radical (unpaired) electrons. The Bertz CT molecular complexity index is 1110. The van der Waals surface area contributed by atoms with E-state index in [1.165, 1.54) is 19.2 Å². The van der Waals surface area contributed by atoms with Crippen molar-refractivity contribution in [1.29, 1.82) is 0 Å². The van der Waals surface area contributed by atoms with Crippen molar-refractivity contribution in [3.63, 3.8) is 0 Å². The highest BCUT2D eigenvalue weighted by Gasteiger charge is 2.20. The molecule has 2 aromatic carbocycles. The fourth-order valence-corrected chi connectivity index (χ4v) is 3.98. The van der Waals surface area contributed by atoms with E-state index in [4.69, 9.17) is 4.74 Å². The van der Waals surface area contributed by atoms with Gasteiger partial charge in [0.2, 0.25) is 10.0 Å². The minimum absolute atomic E-state index is 0.221. The molecule has 10 heteroatoms. The highest BCUT2D eigenvalue weighted by molar-refractivity contribution is 7.92. The average Bonchev–Trinajstić information content (AvgIpc) is 2.70. The standard InChI is InChI=1S/C21H28N2O6S2/c1-6-20(16-7-13-19(14-8-16)30(4,25)26)22-21(24)15(2)29-18-11-9-17(10-12-18)23(3)31(5,27)28/h7-15,20H,6H2,1-5H3,(H,22,24)/t15-,20+/m1/s1. The molecule has 0 aliphatic rings. The summed E-state index contributed by atoms with van der Waals surface area (Å²) in [7, 11) is -5.19. The first kappa shape index (κ1) is 24.7. The Hall–Kier alpha value is -2.59. The molecule has 2 aromatic rings. The largest absolute Gasteiger partial charge is 0.481 e. The number of sulfone groups is 1. The number of hydrogen-bond acceptors (Lipinski definition) is 6. The van der Waals surface area contributed by atoms with E-state index >= 15 is 0 Å². The monoisotopic (exact) mass is 468 g/mol. The van der Waals surface area contributed by atoms with Gasteiger partial charge in [-0.1, -0.05) is 19.1 Å². The number of sulfonamides is 1. The van der Waals surface area contributed by atoms with Crippen LogP contribution in [0.5, 0.6) is 5.75 Å². The van der Waals surface area contributed by atoms with Crippen LogP contribution in [0.2, 0.25) is 0 Å². The maximum atomic E-state index is 12.6. The second-order valence-corrected chi connectivity index (χ2v) is 11.3. The molecular weight excluding hydrogens is 440 g/mol. The van der Waals surface area contributed by atoms with E-state index in [2.05, 4.69) is 5.32 Å². The molecule has 0 bridgehead atoms. The van der Waals surface area contributed by atoms with E-state index in [9.17, 15) is 21.6 Å². The lowest BCUT2D eigenvalue weighted by Gasteiger charge is -2.22. The van der Waals surface area contributed by atoms with Crippen LogP contribution in [0.4, 0.5) is 5.69 Å². The predicted molar refractivity (Wildman–Crippen MR) is 121 cm³/mol. The van der Waals surface area contributed by atoms with Crippen molar-refractivity contribution in [2.75, 3.05) is 23.9 Å². The highest BCUT2D eigenvalue weighted by Crippen LogP contribution is 2.22. The van der Waals surface area contributed by atoms with Crippen molar-refractivity contribution < 1.29 is 26.4 Å². The van der Waals surface area contributed by atoms with E-state index in [1.54, 1.807) is 43.3 Å². The molecule has 0 fully saturated rings. The van der Waals surface area contributed by atoms with Gasteiger partial charge in [-0.25, -0.2) is 16.8 Å². The summed E-state index contributed by atoms with van der Waals surface area (Å²) in [6, 6.07) is 12.5. The Labute approximate surface area is 184 Å². The SMILES string of the molecule is CC[C@H](NC(=O)[C@@H](C)Oc1ccc(N(C)S(C)(=O)=O)cc1)c1ccc(S(C)(=O)=O)cc1. The quantitative estimate of drug-likeness (QED) is 0.606. The van der Waals surface area contributed by atoms with Crippen LogP contribution in [0.3, 0.4) is 0 Å². The molecule has 0 aliphatic heterocycles. The molecular formula is C21H28N2O6S2. The van der Waals surface area contributed by atoms with Gasteiger partial charge in [-0.15, -0.1) is 0 Å². The van der Waals surface area contributed by atoms with Crippen molar-refractivity contribution >= 4 is 31.5 Å². The second kappa shape index (κ2) is 9.69. The number of nitrogens with zero attached hydrogens (tertiary/aromatic N) is 1. The van der Waals surface area contributed by atoms with Gasteiger partial charge in [-0.2, -0.15) is 0 Å². The van der Waals surface area contributed by atoms with Gasteiger partial charge in [0.05, 0.1) is 22.9 Å². The lowest BCUT2D eigenvalue weighted by atomic mass is 10.0. The zero-order chi connectivity index (χ0) is 23.4. The van der Waals surface area contributed by atoms with E-state index in [0.717, 1.165) is 22.4 Å². The van der Waals surface area contributed by atoms with Crippen molar-refractivity contribution in [2.45, 2.75) is 37.3 Å². The number of carbonyl (C=O) groups excluding carboxylic acids is 1. The molecule has 0 unspecified atom stereocenters. The number of benzene rings is 2. The van der Waals surface area contributed by atoms with Crippen LogP contribution in [-0.2, 0) is 24.7 Å². The molecule has 170 valence electrons. The van der Waals surface area contributed by atoms with Gasteiger partial charge in [0.15, 0.2) is 15.9 Å². The molecule has 0 aromatic heterocycles. The number of rotatable bonds is 9. The molecule has 0 saturated carbocycles. The summed E-state index contributed by atoms with van der Waals surface area (Å²) in [5.74, 6) is 0.107. The van der Waals surface area contributed by atoms with Crippen molar-refractivity contribution in [3.05, 3.63) is 54.1 Å². The van der Waals surface area contributed by atoms with Gasteiger partial charge < -0.3 is 10.1 Å². The summed E-state index contributed by atoms with van der Waals surface area (Å²) in [6.07, 6.45) is 2.08. The topological polar surface area (TPSA) is 110 Å². The Morgan fingerprint density at radius 1 is 1.00 bits per heavy atom. The number of nitrogens with one attached hydrogen (secondary N) is 1. The van der Waals surface area contributed by atoms with Crippen LogP contribution in [0.25, 0.3) is 0 Å². The summed E-state index contributed by atoms with van der Waals surface area (Å²) in [5.41, 5.74) is 1.28. The Kier molecular flexibility index (Phi) is 7.72. The molecule has 2 rings (SSSR count). The molecule has 31 heavy (non-hydrogen) atoms. The van der Waals surface area contributed by atoms with Gasteiger partial charge in [0, 0.05) is 13.3 Å². The van der Waals surface area contributed by atoms with Gasteiger partial charge in [0.25, 0.3) is 5.91 Å². The first-order valence-electron chi connectivity index (χ1n) is 9.64. The van der Waals surface area contributed by atoms with Crippen LogP contribution < -0.4 is 14.4 Å². The Morgan fingerprint density at radius 3 is 2.00 bits per heavy atom. The first-order valence-corrected chi connectivity index (χ1v) is 13.4. The van der Waals surface area contributed by atoms with E-state index in [0.29, 0.717) is 17.9 Å². The normalized spacial score (nSPS) is 13.8. The maximum absolute atomic E-state index is 12.6. The molecule has 0 saturated heterocycles. The molecule has 8 nitrogen and oxygen atoms in total. The fourth-order valence-electron chi connectivity index (χ4n) is 2.84. The lowest BCUT2D eigenvalue weighted by Crippen LogP contribution is -2.38. The van der Waals surface area contributed by atoms with Gasteiger partial charge >= 0.3 is 0 Å². The van der Waals surface area contributed by atoms with Crippen molar-refractivity contribution in [3.8, 4) is 5.75 Å². The smallest absolute Gasteiger partial charge is 0.261 e. The summed E-state index contributed by atoms with van der Waals surface area (Å²) < 4.78 is 53.3. The predicted octanol–water partition coefficient (Wildman–Crippen LogP) is 2.52. The summed E-state index contributed by atoms with van der Waals surface area (Å²) in [6.45, 7) is 3.53. The minimum Gasteiger partial charge on any atom is -0.481 e. The molecule has 0 aliphatic carbocycles. The Morgan fingerprint density at radius 2 is 1.55 bits per heavy atom. The average molecular weight is 469 g/mol. The van der Waals surface area contributed by atoms with E-state index in [1.807, 2.05) is 6.92 Å². The minimum atomic E-state index is -3.36. The number of ether oxygens (including phenoxy) is 1. The summed E-state index contributed by atoms with van der Waals surface area (Å²) in [5, 5.41) is 2.91. The van der Waals surface area contributed by atoms with Crippen molar-refractivity contribution in [2.24, 2.45) is 0 Å². The number of amides is 1. The molecule has 0 spiro atoms. The molecule has 1 N–H and O–H groups in total. The number of anilines is 1. The van der Waals surface area contributed by atoms with Crippen molar-refractivity contribution in [1.82, 2.24) is 5.32 Å². The third kappa shape index (κ3) is 6.70. The van der Waals surface area contributed by atoms with Gasteiger partial charge in [0.1, 0.15) is 5.75 Å². The summed E-state index contributed by atoms with van der Waals surface area (Å²) in [4.78, 5) is 12.8. The lowest BCUT2D eigenvalue weighted by molar-refractivity contribution is -0.128. The fraction of sp³-hybridized carbons (Fsp3) is 0.381. The van der Waals surface area contributed by atoms with Gasteiger partial charge in [-0.05, 0) is 55.3 Å². The van der Waals surface area contributed by atoms with Crippen LogP contribution in [0.15, 0.2) is 53.4 Å². The van der Waals surface area contributed by atoms with E-state index in [-0.39, 0.29) is 16.8 Å². The van der Waals surface area contributed by atoms with Gasteiger partial charge in [-0.3, -0.25) is 9.10 Å². The third-order valence-electron chi connectivity index (χ3n) is 4.82. The van der Waals surface area contributed by atoms with Crippen LogP contribution >= 0.6 is 0 Å². The zero-order valence-corrected chi connectivity index (χ0v) is 19.8. The first-order chi connectivity index (χ1) is 14.3. The maximum Gasteiger partial charge on any atom is 0.261 e. The van der Waals surface area contributed by atoms with Crippen LogP contribution in [0, 0.1) is 0 Å². The number of hydrogen-bond donors (Lipinski definition) is 1. The number of carbonyl (C=O) groups is 1. The van der Waals surface area contributed by atoms with Crippen LogP contribution in [-0.4, -0.2) is 48.4 Å². The van der Waals surface area contributed by atoms with Crippen LogP contribution in [0.1, 0.15) is 31.9 Å². The zero-order valence-electron chi connectivity index (χ0n) is 18.2. The molecule has 2 atom stereocenters. The highest BCUT2D eigenvalue weighted by atomic mass is 32.2. The molecule has 0 heterocycles. The van der Waals surface area contributed by atoms with E-state index < -0.39 is 26.0 Å². The summed E-state index contributed by atoms with van der Waals surface area (Å²) >= 11 is 0. The second-order valence-electron chi connectivity index (χ2n) is 7.30. The third-order valence-corrected chi connectivity index (χ3v) is 7.15. The molecule has 1 amide bonds. The Balaban J connectivity index is 2.04.